The first-order chi connectivity index (χ1) is 11.0. The minimum Gasteiger partial charge on any atom is -0.368 e. The Labute approximate surface area is 134 Å². The Morgan fingerprint density at radius 2 is 1.83 bits per heavy atom. The molecular weight excluding hydrogens is 290 g/mol. The van der Waals surface area contributed by atoms with Crippen LogP contribution in [0.3, 0.4) is 0 Å². The van der Waals surface area contributed by atoms with Gasteiger partial charge in [0.1, 0.15) is 0 Å². The predicted molar refractivity (Wildman–Crippen MR) is 89.8 cm³/mol. The van der Waals surface area contributed by atoms with E-state index in [1.54, 1.807) is 12.1 Å². The summed E-state index contributed by atoms with van der Waals surface area (Å²) < 4.78 is 1.10. The van der Waals surface area contributed by atoms with Crippen molar-refractivity contribution < 1.29 is 4.79 Å². The number of aromatic nitrogens is 3. The van der Waals surface area contributed by atoms with Gasteiger partial charge in [-0.2, -0.15) is 9.67 Å². The number of rotatable bonds is 3. The Balaban J connectivity index is 1.86. The third kappa shape index (κ3) is 3.21. The minimum atomic E-state index is -0.313. The molecule has 0 atom stereocenters. The van der Waals surface area contributed by atoms with Crippen molar-refractivity contribution in [2.24, 2.45) is 0 Å². The summed E-state index contributed by atoms with van der Waals surface area (Å²) in [5.41, 5.74) is 9.36. The van der Waals surface area contributed by atoms with Crippen LogP contribution in [0, 0.1) is 13.8 Å². The number of anilines is 3. The number of hydrogen-bond acceptors (Lipinski definition) is 5. The standard InChI is InChI=1S/C17H17N5O/c1-11-6-8-13(9-7-11)15(23)22-16(18)20-17(21-22)19-14-5-3-4-12(2)10-14/h3-10H,1-2H3,(H3,18,19,20,21). The van der Waals surface area contributed by atoms with Gasteiger partial charge < -0.3 is 11.1 Å². The highest BCUT2D eigenvalue weighted by Gasteiger charge is 2.15. The van der Waals surface area contributed by atoms with Gasteiger partial charge in [0.2, 0.25) is 11.9 Å². The molecule has 0 aliphatic carbocycles. The normalized spacial score (nSPS) is 10.5. The van der Waals surface area contributed by atoms with Crippen molar-refractivity contribution >= 4 is 23.5 Å². The van der Waals surface area contributed by atoms with Crippen LogP contribution in [0.4, 0.5) is 17.6 Å². The molecule has 6 heteroatoms. The maximum absolute atomic E-state index is 12.5. The molecule has 0 radical (unpaired) electrons. The van der Waals surface area contributed by atoms with Crippen LogP contribution in [0.5, 0.6) is 0 Å². The van der Waals surface area contributed by atoms with E-state index in [2.05, 4.69) is 15.4 Å². The summed E-state index contributed by atoms with van der Waals surface area (Å²) in [6.45, 7) is 3.95. The van der Waals surface area contributed by atoms with Gasteiger partial charge in [-0.15, -0.1) is 5.10 Å². The van der Waals surface area contributed by atoms with Crippen molar-refractivity contribution in [1.82, 2.24) is 14.8 Å². The average molecular weight is 307 g/mol. The van der Waals surface area contributed by atoms with Crippen molar-refractivity contribution in [3.8, 4) is 0 Å². The highest BCUT2D eigenvalue weighted by Crippen LogP contribution is 2.16. The van der Waals surface area contributed by atoms with Gasteiger partial charge in [0.05, 0.1) is 0 Å². The lowest BCUT2D eigenvalue weighted by molar-refractivity contribution is 0.0948. The first-order valence-electron chi connectivity index (χ1n) is 7.20. The second-order valence-corrected chi connectivity index (χ2v) is 5.37. The Hall–Kier alpha value is -3.15. The third-order valence-corrected chi connectivity index (χ3v) is 3.40. The fourth-order valence-corrected chi connectivity index (χ4v) is 2.20. The van der Waals surface area contributed by atoms with Gasteiger partial charge in [-0.3, -0.25) is 4.79 Å². The van der Waals surface area contributed by atoms with E-state index in [-0.39, 0.29) is 17.8 Å². The molecule has 23 heavy (non-hydrogen) atoms. The monoisotopic (exact) mass is 307 g/mol. The number of carbonyl (C=O) groups is 1. The molecule has 2 aromatic carbocycles. The molecule has 3 aromatic rings. The van der Waals surface area contributed by atoms with Crippen LogP contribution in [0.15, 0.2) is 48.5 Å². The first-order valence-corrected chi connectivity index (χ1v) is 7.20. The van der Waals surface area contributed by atoms with E-state index >= 15 is 0 Å². The second kappa shape index (κ2) is 5.92. The van der Waals surface area contributed by atoms with Crippen LogP contribution in [-0.4, -0.2) is 20.7 Å². The predicted octanol–water partition coefficient (Wildman–Crippen LogP) is 2.91. The summed E-state index contributed by atoms with van der Waals surface area (Å²) in [6.07, 6.45) is 0. The zero-order chi connectivity index (χ0) is 16.4. The molecule has 3 N–H and O–H groups in total. The fraction of sp³-hybridized carbons (Fsp3) is 0.118. The van der Waals surface area contributed by atoms with Crippen molar-refractivity contribution in [1.29, 1.82) is 0 Å². The lowest BCUT2D eigenvalue weighted by Crippen LogP contribution is -2.16. The Morgan fingerprint density at radius 1 is 1.09 bits per heavy atom. The topological polar surface area (TPSA) is 85.8 Å². The van der Waals surface area contributed by atoms with Crippen LogP contribution in [0.1, 0.15) is 21.5 Å². The number of hydrogen-bond donors (Lipinski definition) is 2. The van der Waals surface area contributed by atoms with Crippen molar-refractivity contribution in [2.45, 2.75) is 13.8 Å². The van der Waals surface area contributed by atoms with Crippen molar-refractivity contribution in [2.75, 3.05) is 11.1 Å². The van der Waals surface area contributed by atoms with Crippen LogP contribution in [-0.2, 0) is 0 Å². The van der Waals surface area contributed by atoms with Crippen LogP contribution in [0.25, 0.3) is 0 Å². The molecule has 6 nitrogen and oxygen atoms in total. The van der Waals surface area contributed by atoms with Crippen LogP contribution < -0.4 is 11.1 Å². The highest BCUT2D eigenvalue weighted by atomic mass is 16.2. The molecule has 0 spiro atoms. The lowest BCUT2D eigenvalue weighted by Gasteiger charge is -2.03. The van der Waals surface area contributed by atoms with Gasteiger partial charge in [-0.25, -0.2) is 0 Å². The summed E-state index contributed by atoms with van der Waals surface area (Å²) in [5, 5.41) is 7.20. The molecule has 0 bridgehead atoms. The number of benzene rings is 2. The van der Waals surface area contributed by atoms with Crippen molar-refractivity contribution in [3.63, 3.8) is 0 Å². The summed E-state index contributed by atoms with van der Waals surface area (Å²) >= 11 is 0. The second-order valence-electron chi connectivity index (χ2n) is 5.37. The van der Waals surface area contributed by atoms with E-state index in [1.165, 1.54) is 0 Å². The van der Waals surface area contributed by atoms with Gasteiger partial charge in [0, 0.05) is 11.3 Å². The molecule has 0 saturated carbocycles. The summed E-state index contributed by atoms with van der Waals surface area (Å²) in [7, 11) is 0. The number of nitrogens with zero attached hydrogens (tertiary/aromatic N) is 3. The van der Waals surface area contributed by atoms with E-state index < -0.39 is 0 Å². The van der Waals surface area contributed by atoms with Gasteiger partial charge >= 0.3 is 0 Å². The molecule has 0 saturated heterocycles. The molecule has 0 fully saturated rings. The molecule has 0 amide bonds. The fourth-order valence-electron chi connectivity index (χ4n) is 2.20. The molecule has 1 aromatic heterocycles. The number of nitrogens with one attached hydrogen (secondary N) is 1. The SMILES string of the molecule is Cc1ccc(C(=O)n2nc(Nc3cccc(C)c3)nc2N)cc1. The van der Waals surface area contributed by atoms with Gasteiger partial charge in [-0.1, -0.05) is 29.8 Å². The molecule has 116 valence electrons. The summed E-state index contributed by atoms with van der Waals surface area (Å²) in [4.78, 5) is 16.5. The Kier molecular flexibility index (Phi) is 3.80. The maximum atomic E-state index is 12.5. The quantitative estimate of drug-likeness (QED) is 0.777. The number of nitrogen functional groups attached to an aromatic ring is 1. The average Bonchev–Trinajstić information content (AvgIpc) is 2.88. The minimum absolute atomic E-state index is 0.0470. The zero-order valence-corrected chi connectivity index (χ0v) is 12.9. The summed E-state index contributed by atoms with van der Waals surface area (Å²) in [6, 6.07) is 15.0. The van der Waals surface area contributed by atoms with E-state index in [4.69, 9.17) is 5.73 Å². The van der Waals surface area contributed by atoms with Crippen molar-refractivity contribution in [3.05, 3.63) is 65.2 Å². The maximum Gasteiger partial charge on any atom is 0.281 e. The molecule has 0 aliphatic rings. The van der Waals surface area contributed by atoms with Gasteiger partial charge in [-0.05, 0) is 43.7 Å². The van der Waals surface area contributed by atoms with E-state index in [0.29, 0.717) is 5.56 Å². The van der Waals surface area contributed by atoms with Crippen LogP contribution in [0.2, 0.25) is 0 Å². The smallest absolute Gasteiger partial charge is 0.281 e. The molecule has 0 aliphatic heterocycles. The van der Waals surface area contributed by atoms with Gasteiger partial charge in [0.25, 0.3) is 5.91 Å². The number of carbonyl (C=O) groups excluding carboxylic acids is 1. The van der Waals surface area contributed by atoms with E-state index in [9.17, 15) is 4.79 Å². The third-order valence-electron chi connectivity index (χ3n) is 3.40. The Morgan fingerprint density at radius 3 is 2.52 bits per heavy atom. The zero-order valence-electron chi connectivity index (χ0n) is 12.9. The Bertz CT molecular complexity index is 852. The van der Waals surface area contributed by atoms with E-state index in [1.807, 2.05) is 50.2 Å². The molecule has 0 unspecified atom stereocenters. The highest BCUT2D eigenvalue weighted by molar-refractivity contribution is 5.96. The number of nitrogens with two attached hydrogens (primary N) is 1. The first kappa shape index (κ1) is 14.8. The van der Waals surface area contributed by atoms with Gasteiger partial charge in [0.15, 0.2) is 0 Å². The van der Waals surface area contributed by atoms with E-state index in [0.717, 1.165) is 21.5 Å². The van der Waals surface area contributed by atoms with Crippen LogP contribution >= 0.6 is 0 Å². The lowest BCUT2D eigenvalue weighted by atomic mass is 10.1. The molecule has 1 heterocycles. The molecular formula is C17H17N5O. The largest absolute Gasteiger partial charge is 0.368 e. The number of aryl methyl sites for hydroxylation is 2. The molecule has 3 rings (SSSR count). The summed E-state index contributed by atoms with van der Waals surface area (Å²) in [5.74, 6) is 0.0200.